The maximum absolute atomic E-state index is 12.7. The van der Waals surface area contributed by atoms with Crippen LogP contribution in [0.4, 0.5) is 5.69 Å². The van der Waals surface area contributed by atoms with Gasteiger partial charge in [-0.15, -0.1) is 0 Å². The molecule has 0 radical (unpaired) electrons. The first-order valence-electron chi connectivity index (χ1n) is 7.66. The van der Waals surface area contributed by atoms with Crippen LogP contribution in [0.5, 0.6) is 0 Å². The second-order valence-corrected chi connectivity index (χ2v) is 6.07. The molecule has 0 bridgehead atoms. The van der Waals surface area contributed by atoms with Gasteiger partial charge in [-0.25, -0.2) is 0 Å². The highest BCUT2D eigenvalue weighted by molar-refractivity contribution is 5.99. The Morgan fingerprint density at radius 1 is 1.35 bits per heavy atom. The number of nitrogens with zero attached hydrogens (tertiary/aromatic N) is 1. The van der Waals surface area contributed by atoms with E-state index >= 15 is 0 Å². The van der Waals surface area contributed by atoms with E-state index < -0.39 is 0 Å². The molecule has 1 fully saturated rings. The molecular weight excluding hydrogens is 248 g/mol. The summed E-state index contributed by atoms with van der Waals surface area (Å²) in [6.45, 7) is 11.2. The number of amides is 1. The van der Waals surface area contributed by atoms with E-state index in [1.807, 2.05) is 17.0 Å². The fraction of sp³-hybridized carbons (Fsp3) is 0.588. The first-order valence-corrected chi connectivity index (χ1v) is 7.66. The van der Waals surface area contributed by atoms with Crippen molar-refractivity contribution in [2.75, 3.05) is 25.0 Å². The van der Waals surface area contributed by atoms with E-state index in [-0.39, 0.29) is 5.91 Å². The van der Waals surface area contributed by atoms with E-state index in [2.05, 4.69) is 39.1 Å². The molecule has 1 aliphatic heterocycles. The molecule has 1 aromatic carbocycles. The number of anilines is 1. The quantitative estimate of drug-likeness (QED) is 0.914. The number of rotatable bonds is 3. The lowest BCUT2D eigenvalue weighted by molar-refractivity contribution is 0.0628. The third-order valence-corrected chi connectivity index (χ3v) is 4.39. The van der Waals surface area contributed by atoms with Gasteiger partial charge in [0.25, 0.3) is 5.91 Å². The zero-order valence-electron chi connectivity index (χ0n) is 13.1. The number of aryl methyl sites for hydroxylation is 1. The first kappa shape index (κ1) is 14.9. The van der Waals surface area contributed by atoms with Crippen molar-refractivity contribution in [3.05, 3.63) is 29.3 Å². The van der Waals surface area contributed by atoms with Crippen LogP contribution in [-0.4, -0.2) is 30.4 Å². The summed E-state index contributed by atoms with van der Waals surface area (Å²) < 4.78 is 0. The Hall–Kier alpha value is -1.51. The lowest BCUT2D eigenvalue weighted by atomic mass is 9.88. The highest BCUT2D eigenvalue weighted by atomic mass is 16.2. The normalized spacial score (nSPS) is 22.7. The van der Waals surface area contributed by atoms with E-state index in [1.54, 1.807) is 0 Å². The van der Waals surface area contributed by atoms with Gasteiger partial charge in [-0.1, -0.05) is 19.9 Å². The molecule has 0 aromatic heterocycles. The number of piperidine rings is 1. The SMILES string of the molecule is CCNc1cc(C)ccc1C(=O)N1CCC(C)C(C)C1. The van der Waals surface area contributed by atoms with E-state index in [9.17, 15) is 4.79 Å². The van der Waals surface area contributed by atoms with Gasteiger partial charge in [-0.2, -0.15) is 0 Å². The van der Waals surface area contributed by atoms with Crippen LogP contribution in [0, 0.1) is 18.8 Å². The molecule has 0 saturated carbocycles. The Kier molecular flexibility index (Phi) is 4.69. The highest BCUT2D eigenvalue weighted by Crippen LogP contribution is 2.26. The number of carbonyl (C=O) groups excluding carboxylic acids is 1. The first-order chi connectivity index (χ1) is 9.52. The van der Waals surface area contributed by atoms with Gasteiger partial charge in [0.05, 0.1) is 5.56 Å². The van der Waals surface area contributed by atoms with Gasteiger partial charge in [-0.05, 0) is 49.8 Å². The second-order valence-electron chi connectivity index (χ2n) is 6.07. The van der Waals surface area contributed by atoms with Crippen molar-refractivity contribution in [3.8, 4) is 0 Å². The number of benzene rings is 1. The molecule has 1 aromatic rings. The van der Waals surface area contributed by atoms with Crippen molar-refractivity contribution in [1.82, 2.24) is 4.90 Å². The predicted octanol–water partition coefficient (Wildman–Crippen LogP) is 3.54. The minimum Gasteiger partial charge on any atom is -0.385 e. The summed E-state index contributed by atoms with van der Waals surface area (Å²) in [5.41, 5.74) is 2.95. The number of nitrogens with one attached hydrogen (secondary N) is 1. The molecule has 3 heteroatoms. The molecule has 110 valence electrons. The summed E-state index contributed by atoms with van der Waals surface area (Å²) in [6.07, 6.45) is 1.11. The summed E-state index contributed by atoms with van der Waals surface area (Å²) in [4.78, 5) is 14.8. The van der Waals surface area contributed by atoms with Crippen LogP contribution in [0.2, 0.25) is 0 Å². The van der Waals surface area contributed by atoms with Crippen molar-refractivity contribution in [1.29, 1.82) is 0 Å². The number of likely N-dealkylation sites (tertiary alicyclic amines) is 1. The molecule has 1 amide bonds. The minimum absolute atomic E-state index is 0.166. The van der Waals surface area contributed by atoms with Crippen LogP contribution in [-0.2, 0) is 0 Å². The molecule has 20 heavy (non-hydrogen) atoms. The van der Waals surface area contributed by atoms with Crippen LogP contribution in [0.1, 0.15) is 43.1 Å². The summed E-state index contributed by atoms with van der Waals surface area (Å²) in [7, 11) is 0. The molecule has 1 heterocycles. The molecule has 2 rings (SSSR count). The van der Waals surface area contributed by atoms with E-state index in [0.29, 0.717) is 11.8 Å². The van der Waals surface area contributed by atoms with Gasteiger partial charge >= 0.3 is 0 Å². The van der Waals surface area contributed by atoms with Crippen molar-refractivity contribution in [2.45, 2.75) is 34.1 Å². The minimum atomic E-state index is 0.166. The highest BCUT2D eigenvalue weighted by Gasteiger charge is 2.27. The number of carbonyl (C=O) groups is 1. The monoisotopic (exact) mass is 274 g/mol. The average molecular weight is 274 g/mol. The van der Waals surface area contributed by atoms with Gasteiger partial charge in [0.2, 0.25) is 0 Å². The van der Waals surface area contributed by atoms with Crippen LogP contribution in [0.25, 0.3) is 0 Å². The third-order valence-electron chi connectivity index (χ3n) is 4.39. The predicted molar refractivity (Wildman–Crippen MR) is 84.2 cm³/mol. The Morgan fingerprint density at radius 2 is 2.10 bits per heavy atom. The molecule has 1 aliphatic rings. The largest absolute Gasteiger partial charge is 0.385 e. The summed E-state index contributed by atoms with van der Waals surface area (Å²) >= 11 is 0. The Labute approximate surface area is 122 Å². The lowest BCUT2D eigenvalue weighted by Crippen LogP contribution is -2.42. The number of hydrogen-bond acceptors (Lipinski definition) is 2. The van der Waals surface area contributed by atoms with Crippen molar-refractivity contribution in [3.63, 3.8) is 0 Å². The van der Waals surface area contributed by atoms with Gasteiger partial charge < -0.3 is 10.2 Å². The van der Waals surface area contributed by atoms with E-state index in [0.717, 1.165) is 37.3 Å². The van der Waals surface area contributed by atoms with E-state index in [4.69, 9.17) is 0 Å². The summed E-state index contributed by atoms with van der Waals surface area (Å²) in [6, 6.07) is 6.04. The molecule has 1 saturated heterocycles. The van der Waals surface area contributed by atoms with Gasteiger partial charge in [0.1, 0.15) is 0 Å². The third kappa shape index (κ3) is 3.14. The molecule has 0 spiro atoms. The summed E-state index contributed by atoms with van der Waals surface area (Å²) in [5, 5.41) is 3.31. The van der Waals surface area contributed by atoms with Crippen LogP contribution in [0.3, 0.4) is 0 Å². The molecule has 1 N–H and O–H groups in total. The van der Waals surface area contributed by atoms with E-state index in [1.165, 1.54) is 5.56 Å². The second kappa shape index (κ2) is 6.29. The lowest BCUT2D eigenvalue weighted by Gasteiger charge is -2.35. The average Bonchev–Trinajstić information content (AvgIpc) is 2.42. The fourth-order valence-corrected chi connectivity index (χ4v) is 2.80. The zero-order valence-corrected chi connectivity index (χ0v) is 13.1. The topological polar surface area (TPSA) is 32.3 Å². The maximum Gasteiger partial charge on any atom is 0.255 e. The van der Waals surface area contributed by atoms with Gasteiger partial charge in [-0.3, -0.25) is 4.79 Å². The summed E-state index contributed by atoms with van der Waals surface area (Å²) in [5.74, 6) is 1.46. The molecule has 2 atom stereocenters. The molecular formula is C17H26N2O. The van der Waals surface area contributed by atoms with Crippen molar-refractivity contribution >= 4 is 11.6 Å². The Bertz CT molecular complexity index is 484. The van der Waals surface area contributed by atoms with Crippen LogP contribution < -0.4 is 5.32 Å². The number of hydrogen-bond donors (Lipinski definition) is 1. The standard InChI is InChI=1S/C17H26N2O/c1-5-18-16-10-12(2)6-7-15(16)17(20)19-9-8-13(3)14(4)11-19/h6-7,10,13-14,18H,5,8-9,11H2,1-4H3. The van der Waals surface area contributed by atoms with Crippen LogP contribution in [0.15, 0.2) is 18.2 Å². The Morgan fingerprint density at radius 3 is 2.75 bits per heavy atom. The maximum atomic E-state index is 12.7. The smallest absolute Gasteiger partial charge is 0.255 e. The fourth-order valence-electron chi connectivity index (χ4n) is 2.80. The van der Waals surface area contributed by atoms with Gasteiger partial charge in [0.15, 0.2) is 0 Å². The molecule has 2 unspecified atom stereocenters. The van der Waals surface area contributed by atoms with Crippen molar-refractivity contribution in [2.24, 2.45) is 11.8 Å². The molecule has 0 aliphatic carbocycles. The Balaban J connectivity index is 2.20. The van der Waals surface area contributed by atoms with Crippen molar-refractivity contribution < 1.29 is 4.79 Å². The molecule has 3 nitrogen and oxygen atoms in total. The zero-order chi connectivity index (χ0) is 14.7. The van der Waals surface area contributed by atoms with Gasteiger partial charge in [0, 0.05) is 25.3 Å². The van der Waals surface area contributed by atoms with Crippen LogP contribution >= 0.6 is 0 Å².